The van der Waals surface area contributed by atoms with Crippen molar-refractivity contribution in [2.45, 2.75) is 63.6 Å². The van der Waals surface area contributed by atoms with E-state index in [0.29, 0.717) is 39.7 Å². The Bertz CT molecular complexity index is 1210. The smallest absolute Gasteiger partial charge is 0.328 e. The molecule has 2 aromatic rings. The predicted octanol–water partition coefficient (Wildman–Crippen LogP) is 3.34. The molecule has 4 rings (SSSR count). The van der Waals surface area contributed by atoms with Gasteiger partial charge >= 0.3 is 5.97 Å². The summed E-state index contributed by atoms with van der Waals surface area (Å²) in [5.41, 5.74) is 0.447. The Morgan fingerprint density at radius 1 is 1.11 bits per heavy atom. The van der Waals surface area contributed by atoms with Crippen LogP contribution in [0.25, 0.3) is 10.9 Å². The average molecular weight is 537 g/mol. The second-order valence-corrected chi connectivity index (χ2v) is 11.2. The Morgan fingerprint density at radius 2 is 1.83 bits per heavy atom. The van der Waals surface area contributed by atoms with Crippen molar-refractivity contribution in [2.75, 3.05) is 7.11 Å². The summed E-state index contributed by atoms with van der Waals surface area (Å²) in [5, 5.41) is 9.87. The van der Waals surface area contributed by atoms with E-state index in [-0.39, 0.29) is 23.6 Å². The van der Waals surface area contributed by atoms with Crippen LogP contribution in [0.15, 0.2) is 18.2 Å². The van der Waals surface area contributed by atoms with E-state index in [9.17, 15) is 19.2 Å². The van der Waals surface area contributed by atoms with Gasteiger partial charge in [0.1, 0.15) is 17.8 Å². The number of ether oxygens (including phenoxy) is 1. The van der Waals surface area contributed by atoms with E-state index in [1.807, 2.05) is 13.8 Å². The molecule has 1 aromatic heterocycles. The third-order valence-corrected chi connectivity index (χ3v) is 7.23. The number of halogens is 2. The molecule has 3 amide bonds. The number of carbonyl (C=O) groups is 4. The summed E-state index contributed by atoms with van der Waals surface area (Å²) in [6.07, 6.45) is 3.02. The SMILES string of the molecule is COC(=O)[C@H](C[C@@H]1CC(C)(C)NC1=O)NC(=O)[C@H](CC1CC1)NC(=O)c1cc2c(Cl)cc(Cl)cc2[nH]1. The second kappa shape index (κ2) is 10.3. The average Bonchev–Trinajstić information content (AvgIpc) is 3.44. The molecule has 2 heterocycles. The topological polar surface area (TPSA) is 129 Å². The minimum absolute atomic E-state index is 0.110. The van der Waals surface area contributed by atoms with Gasteiger partial charge in [-0.3, -0.25) is 14.4 Å². The third kappa shape index (κ3) is 6.13. The van der Waals surface area contributed by atoms with Crippen LogP contribution in [0.5, 0.6) is 0 Å². The number of aromatic amines is 1. The molecular formula is C25H30Cl2N4O5. The minimum atomic E-state index is -1.01. The standard InChI is InChI=1S/C25H30Cl2N4O5/c1-25(2)11-13(21(32)31-25)7-20(24(35)36-3)30-22(33)18(6-12-4-5-12)29-23(34)19-10-15-16(27)8-14(26)9-17(15)28-19/h8-10,12-13,18,20,28H,4-7,11H2,1-3H3,(H,29,34)(H,30,33)(H,31,32)/t13-,18+,20+/m1/s1. The molecule has 1 saturated heterocycles. The van der Waals surface area contributed by atoms with Crippen molar-refractivity contribution in [1.29, 1.82) is 0 Å². The van der Waals surface area contributed by atoms with Gasteiger partial charge in [0.25, 0.3) is 5.91 Å². The van der Waals surface area contributed by atoms with E-state index in [2.05, 4.69) is 20.9 Å². The van der Waals surface area contributed by atoms with Crippen LogP contribution in [-0.4, -0.2) is 53.4 Å². The van der Waals surface area contributed by atoms with Crippen LogP contribution in [0.4, 0.5) is 0 Å². The van der Waals surface area contributed by atoms with Gasteiger partial charge in [-0.15, -0.1) is 0 Å². The Hall–Kier alpha value is -2.78. The van der Waals surface area contributed by atoms with Gasteiger partial charge in [0.15, 0.2) is 0 Å². The van der Waals surface area contributed by atoms with E-state index in [4.69, 9.17) is 27.9 Å². The molecule has 194 valence electrons. The van der Waals surface area contributed by atoms with Crippen LogP contribution in [0.1, 0.15) is 56.4 Å². The third-order valence-electron chi connectivity index (χ3n) is 6.70. The number of benzene rings is 1. The van der Waals surface area contributed by atoms with Crippen molar-refractivity contribution in [1.82, 2.24) is 20.9 Å². The van der Waals surface area contributed by atoms with Gasteiger partial charge in [0, 0.05) is 27.4 Å². The van der Waals surface area contributed by atoms with Gasteiger partial charge in [0.2, 0.25) is 11.8 Å². The Labute approximate surface area is 219 Å². The molecule has 2 aliphatic rings. The zero-order chi connectivity index (χ0) is 26.2. The normalized spacial score (nSPS) is 20.5. The van der Waals surface area contributed by atoms with E-state index < -0.39 is 35.8 Å². The largest absolute Gasteiger partial charge is 0.467 e. The number of hydrogen-bond acceptors (Lipinski definition) is 5. The Kier molecular flexibility index (Phi) is 7.52. The number of methoxy groups -OCH3 is 1. The lowest BCUT2D eigenvalue weighted by Crippen LogP contribution is -2.52. The van der Waals surface area contributed by atoms with Crippen LogP contribution in [0.2, 0.25) is 10.0 Å². The fourth-order valence-electron chi connectivity index (χ4n) is 4.74. The zero-order valence-electron chi connectivity index (χ0n) is 20.4. The molecule has 4 N–H and O–H groups in total. The summed E-state index contributed by atoms with van der Waals surface area (Å²) >= 11 is 12.3. The molecule has 0 radical (unpaired) electrons. The number of hydrogen-bond donors (Lipinski definition) is 4. The number of esters is 1. The Balaban J connectivity index is 1.48. The lowest BCUT2D eigenvalue weighted by atomic mass is 9.91. The first-order chi connectivity index (χ1) is 17.0. The van der Waals surface area contributed by atoms with Crippen molar-refractivity contribution in [2.24, 2.45) is 11.8 Å². The molecule has 0 bridgehead atoms. The molecule has 1 aliphatic heterocycles. The van der Waals surface area contributed by atoms with Crippen molar-refractivity contribution < 1.29 is 23.9 Å². The molecule has 0 spiro atoms. The highest BCUT2D eigenvalue weighted by atomic mass is 35.5. The number of carbonyl (C=O) groups excluding carboxylic acids is 4. The van der Waals surface area contributed by atoms with E-state index >= 15 is 0 Å². The first-order valence-electron chi connectivity index (χ1n) is 11.9. The monoisotopic (exact) mass is 536 g/mol. The minimum Gasteiger partial charge on any atom is -0.467 e. The lowest BCUT2D eigenvalue weighted by Gasteiger charge is -2.23. The molecule has 3 atom stereocenters. The van der Waals surface area contributed by atoms with Crippen LogP contribution in [0.3, 0.4) is 0 Å². The van der Waals surface area contributed by atoms with Gasteiger partial charge in [-0.05, 0) is 57.2 Å². The highest BCUT2D eigenvalue weighted by Gasteiger charge is 2.41. The zero-order valence-corrected chi connectivity index (χ0v) is 21.9. The fourth-order valence-corrected chi connectivity index (χ4v) is 5.28. The molecule has 2 fully saturated rings. The van der Waals surface area contributed by atoms with Gasteiger partial charge in [-0.1, -0.05) is 36.0 Å². The van der Waals surface area contributed by atoms with Crippen LogP contribution >= 0.6 is 23.2 Å². The maximum Gasteiger partial charge on any atom is 0.328 e. The summed E-state index contributed by atoms with van der Waals surface area (Å²) < 4.78 is 4.89. The lowest BCUT2D eigenvalue weighted by molar-refractivity contribution is -0.146. The molecular weight excluding hydrogens is 507 g/mol. The number of amides is 3. The van der Waals surface area contributed by atoms with Crippen LogP contribution < -0.4 is 16.0 Å². The van der Waals surface area contributed by atoms with E-state index in [1.54, 1.807) is 18.2 Å². The summed E-state index contributed by atoms with van der Waals surface area (Å²) in [6, 6.07) is 2.97. The molecule has 1 aromatic carbocycles. The Morgan fingerprint density at radius 3 is 2.44 bits per heavy atom. The highest BCUT2D eigenvalue weighted by molar-refractivity contribution is 6.38. The first-order valence-corrected chi connectivity index (χ1v) is 12.7. The van der Waals surface area contributed by atoms with Gasteiger partial charge in [0.05, 0.1) is 12.1 Å². The molecule has 9 nitrogen and oxygen atoms in total. The van der Waals surface area contributed by atoms with Crippen molar-refractivity contribution in [3.63, 3.8) is 0 Å². The summed E-state index contributed by atoms with van der Waals surface area (Å²) in [4.78, 5) is 54.2. The number of rotatable bonds is 9. The molecule has 36 heavy (non-hydrogen) atoms. The van der Waals surface area contributed by atoms with Crippen molar-refractivity contribution in [3.8, 4) is 0 Å². The second-order valence-electron chi connectivity index (χ2n) is 10.3. The number of H-pyrrole nitrogens is 1. The summed E-state index contributed by atoms with van der Waals surface area (Å²) in [6.45, 7) is 3.81. The molecule has 11 heteroatoms. The maximum atomic E-state index is 13.3. The number of fused-ring (bicyclic) bond motifs is 1. The van der Waals surface area contributed by atoms with E-state index in [1.165, 1.54) is 7.11 Å². The number of nitrogens with one attached hydrogen (secondary N) is 4. The van der Waals surface area contributed by atoms with Crippen molar-refractivity contribution >= 4 is 57.8 Å². The van der Waals surface area contributed by atoms with Gasteiger partial charge in [-0.2, -0.15) is 0 Å². The predicted molar refractivity (Wildman–Crippen MR) is 136 cm³/mol. The molecule has 1 saturated carbocycles. The maximum absolute atomic E-state index is 13.3. The summed E-state index contributed by atoms with van der Waals surface area (Å²) in [5.74, 6) is -1.91. The van der Waals surface area contributed by atoms with Gasteiger partial charge < -0.3 is 25.7 Å². The highest BCUT2D eigenvalue weighted by Crippen LogP contribution is 2.34. The fraction of sp³-hybridized carbons (Fsp3) is 0.520. The molecule has 1 aliphatic carbocycles. The molecule has 0 unspecified atom stereocenters. The summed E-state index contributed by atoms with van der Waals surface area (Å²) in [7, 11) is 1.23. The van der Waals surface area contributed by atoms with Crippen LogP contribution in [0, 0.1) is 11.8 Å². The van der Waals surface area contributed by atoms with E-state index in [0.717, 1.165) is 12.8 Å². The van der Waals surface area contributed by atoms with Crippen molar-refractivity contribution in [3.05, 3.63) is 33.9 Å². The van der Waals surface area contributed by atoms with Crippen LogP contribution in [-0.2, 0) is 19.1 Å². The first kappa shape index (κ1) is 26.3. The number of aromatic nitrogens is 1. The van der Waals surface area contributed by atoms with Gasteiger partial charge in [-0.25, -0.2) is 4.79 Å². The quantitative estimate of drug-likeness (QED) is 0.365.